The van der Waals surface area contributed by atoms with Gasteiger partial charge in [-0.2, -0.15) is 0 Å². The molecule has 0 aliphatic heterocycles. The summed E-state index contributed by atoms with van der Waals surface area (Å²) in [5.41, 5.74) is 6.80. The quantitative estimate of drug-likeness (QED) is 0.661. The molecule has 0 fully saturated rings. The van der Waals surface area contributed by atoms with Gasteiger partial charge in [0.05, 0.1) is 0 Å². The van der Waals surface area contributed by atoms with Crippen molar-refractivity contribution in [2.24, 2.45) is 5.41 Å². The molecule has 1 amide bonds. The minimum atomic E-state index is -0.114. The number of rotatable bonds is 7. The molecule has 0 heterocycles. The number of nitrogens with one attached hydrogen (secondary N) is 1. The average molecular weight is 264 g/mol. The molecule has 0 aliphatic carbocycles. The molecule has 1 aromatic carbocycles. The summed E-state index contributed by atoms with van der Waals surface area (Å²) >= 11 is 0. The highest BCUT2D eigenvalue weighted by Crippen LogP contribution is 2.29. The lowest BCUT2D eigenvalue weighted by atomic mass is 9.79. The third-order valence-electron chi connectivity index (χ3n) is 3.91. The minimum absolute atomic E-state index is 0.0231. The molecule has 0 spiro atoms. The summed E-state index contributed by atoms with van der Waals surface area (Å²) in [4.78, 5) is 12.1. The molecular weight excluding hydrogens is 240 g/mol. The van der Waals surface area contributed by atoms with Crippen molar-refractivity contribution < 1.29 is 9.90 Å². The van der Waals surface area contributed by atoms with E-state index in [0.717, 1.165) is 12.8 Å². The first-order valence-corrected chi connectivity index (χ1v) is 6.81. The van der Waals surface area contributed by atoms with Crippen LogP contribution in [0.25, 0.3) is 0 Å². The summed E-state index contributed by atoms with van der Waals surface area (Å²) < 4.78 is 0. The Morgan fingerprint density at radius 1 is 1.37 bits per heavy atom. The van der Waals surface area contributed by atoms with Crippen LogP contribution in [0, 0.1) is 5.41 Å². The van der Waals surface area contributed by atoms with Crippen molar-refractivity contribution in [1.82, 2.24) is 5.32 Å². The van der Waals surface area contributed by atoms with Crippen molar-refractivity contribution in [1.29, 1.82) is 0 Å². The normalized spacial score (nSPS) is 11.3. The van der Waals surface area contributed by atoms with E-state index in [-0.39, 0.29) is 17.9 Å². The second kappa shape index (κ2) is 7.14. The molecule has 4 nitrogen and oxygen atoms in total. The number of nitrogens with two attached hydrogens (primary N) is 1. The first-order valence-electron chi connectivity index (χ1n) is 6.81. The summed E-state index contributed by atoms with van der Waals surface area (Å²) in [5, 5.41) is 12.1. The minimum Gasteiger partial charge on any atom is -0.399 e. The molecule has 0 saturated heterocycles. The van der Waals surface area contributed by atoms with Crippen LogP contribution in [-0.4, -0.2) is 24.2 Å². The van der Waals surface area contributed by atoms with Gasteiger partial charge in [0.25, 0.3) is 5.91 Å². The predicted molar refractivity (Wildman–Crippen MR) is 77.9 cm³/mol. The van der Waals surface area contributed by atoms with Crippen LogP contribution in [0.1, 0.15) is 43.5 Å². The number of aliphatic hydroxyl groups excluding tert-OH is 1. The highest BCUT2D eigenvalue weighted by Gasteiger charge is 2.26. The lowest BCUT2D eigenvalue weighted by molar-refractivity contribution is 0.0907. The fourth-order valence-electron chi connectivity index (χ4n) is 2.23. The maximum Gasteiger partial charge on any atom is 0.251 e. The molecule has 0 unspecified atom stereocenters. The number of hydrogen-bond acceptors (Lipinski definition) is 3. The molecule has 0 aliphatic rings. The number of nitrogen functional groups attached to an aromatic ring is 1. The number of benzene rings is 1. The molecule has 106 valence electrons. The van der Waals surface area contributed by atoms with Crippen molar-refractivity contribution in [3.8, 4) is 0 Å². The van der Waals surface area contributed by atoms with Gasteiger partial charge in [0, 0.05) is 24.4 Å². The third-order valence-corrected chi connectivity index (χ3v) is 3.91. The molecule has 0 radical (unpaired) electrons. The Hall–Kier alpha value is -1.55. The van der Waals surface area contributed by atoms with E-state index < -0.39 is 0 Å². The van der Waals surface area contributed by atoms with Gasteiger partial charge in [-0.25, -0.2) is 0 Å². The average Bonchev–Trinajstić information content (AvgIpc) is 2.43. The largest absolute Gasteiger partial charge is 0.399 e. The number of hydrogen-bond donors (Lipinski definition) is 3. The molecular formula is C15H24N2O2. The molecule has 0 bridgehead atoms. The summed E-state index contributed by atoms with van der Waals surface area (Å²) in [7, 11) is 0. The number of amides is 1. The highest BCUT2D eigenvalue weighted by molar-refractivity contribution is 5.94. The number of anilines is 1. The fraction of sp³-hybridized carbons (Fsp3) is 0.533. The smallest absolute Gasteiger partial charge is 0.251 e. The van der Waals surface area contributed by atoms with Gasteiger partial charge < -0.3 is 16.2 Å². The van der Waals surface area contributed by atoms with Crippen LogP contribution < -0.4 is 11.1 Å². The van der Waals surface area contributed by atoms with Crippen molar-refractivity contribution in [3.05, 3.63) is 29.8 Å². The van der Waals surface area contributed by atoms with Gasteiger partial charge in [-0.3, -0.25) is 4.79 Å². The van der Waals surface area contributed by atoms with E-state index in [0.29, 0.717) is 24.2 Å². The van der Waals surface area contributed by atoms with Gasteiger partial charge >= 0.3 is 0 Å². The first kappa shape index (κ1) is 15.5. The Labute approximate surface area is 115 Å². The maximum atomic E-state index is 12.1. The number of carbonyl (C=O) groups is 1. The first-order chi connectivity index (χ1) is 9.06. The Bertz CT molecular complexity index is 414. The van der Waals surface area contributed by atoms with E-state index in [2.05, 4.69) is 19.2 Å². The zero-order valence-corrected chi connectivity index (χ0v) is 11.8. The topological polar surface area (TPSA) is 75.3 Å². The lowest BCUT2D eigenvalue weighted by Gasteiger charge is -2.31. The van der Waals surface area contributed by atoms with Crippen molar-refractivity contribution in [2.45, 2.75) is 33.1 Å². The molecule has 1 rings (SSSR count). The maximum absolute atomic E-state index is 12.1. The van der Waals surface area contributed by atoms with Crippen LogP contribution in [0.4, 0.5) is 5.69 Å². The van der Waals surface area contributed by atoms with E-state index in [4.69, 9.17) is 10.8 Å². The standard InChI is InChI=1S/C15H24N2O2/c1-3-15(4-2,8-9-18)11-17-14(19)12-6-5-7-13(16)10-12/h5-7,10,18H,3-4,8-9,11,16H2,1-2H3,(H,17,19). The molecule has 4 heteroatoms. The molecule has 0 saturated carbocycles. The summed E-state index contributed by atoms with van der Waals surface area (Å²) in [6, 6.07) is 6.94. The Kier molecular flexibility index (Phi) is 5.83. The SMILES string of the molecule is CCC(CC)(CCO)CNC(=O)c1cccc(N)c1. The van der Waals surface area contributed by atoms with Crippen molar-refractivity contribution in [3.63, 3.8) is 0 Å². The van der Waals surface area contributed by atoms with Crippen LogP contribution in [0.15, 0.2) is 24.3 Å². The summed E-state index contributed by atoms with van der Waals surface area (Å²) in [6.07, 6.45) is 2.57. The second-order valence-corrected chi connectivity index (χ2v) is 4.99. The molecule has 0 atom stereocenters. The van der Waals surface area contributed by atoms with Gasteiger partial charge in [0.1, 0.15) is 0 Å². The van der Waals surface area contributed by atoms with E-state index in [9.17, 15) is 4.79 Å². The van der Waals surface area contributed by atoms with Gasteiger partial charge in [-0.15, -0.1) is 0 Å². The molecule has 1 aromatic rings. The summed E-state index contributed by atoms with van der Waals surface area (Å²) in [6.45, 7) is 4.90. The van der Waals surface area contributed by atoms with Crippen LogP contribution in [0.3, 0.4) is 0 Å². The molecule has 19 heavy (non-hydrogen) atoms. The van der Waals surface area contributed by atoms with Crippen molar-refractivity contribution >= 4 is 11.6 Å². The van der Waals surface area contributed by atoms with E-state index in [1.54, 1.807) is 24.3 Å². The fourth-order valence-corrected chi connectivity index (χ4v) is 2.23. The van der Waals surface area contributed by atoms with E-state index in [1.807, 2.05) is 0 Å². The van der Waals surface area contributed by atoms with Crippen LogP contribution >= 0.6 is 0 Å². The molecule has 0 aromatic heterocycles. The van der Waals surface area contributed by atoms with Crippen molar-refractivity contribution in [2.75, 3.05) is 18.9 Å². The zero-order valence-electron chi connectivity index (χ0n) is 11.8. The number of aliphatic hydroxyl groups is 1. The lowest BCUT2D eigenvalue weighted by Crippen LogP contribution is -2.37. The Morgan fingerprint density at radius 3 is 2.58 bits per heavy atom. The Morgan fingerprint density at radius 2 is 2.05 bits per heavy atom. The van der Waals surface area contributed by atoms with Gasteiger partial charge in [-0.05, 0) is 42.9 Å². The van der Waals surface area contributed by atoms with Crippen LogP contribution in [-0.2, 0) is 0 Å². The summed E-state index contributed by atoms with van der Waals surface area (Å²) in [5.74, 6) is -0.114. The number of carbonyl (C=O) groups excluding carboxylic acids is 1. The van der Waals surface area contributed by atoms with E-state index >= 15 is 0 Å². The van der Waals surface area contributed by atoms with Crippen LogP contribution in [0.5, 0.6) is 0 Å². The zero-order chi connectivity index (χ0) is 14.3. The predicted octanol–water partition coefficient (Wildman–Crippen LogP) is 2.19. The van der Waals surface area contributed by atoms with Gasteiger partial charge in [-0.1, -0.05) is 19.9 Å². The van der Waals surface area contributed by atoms with Crippen LogP contribution in [0.2, 0.25) is 0 Å². The van der Waals surface area contributed by atoms with Gasteiger partial charge in [0.15, 0.2) is 0 Å². The van der Waals surface area contributed by atoms with E-state index in [1.165, 1.54) is 0 Å². The second-order valence-electron chi connectivity index (χ2n) is 4.99. The highest BCUT2D eigenvalue weighted by atomic mass is 16.3. The monoisotopic (exact) mass is 264 g/mol. The Balaban J connectivity index is 2.66. The molecule has 4 N–H and O–H groups in total. The third kappa shape index (κ3) is 4.24. The van der Waals surface area contributed by atoms with Gasteiger partial charge in [0.2, 0.25) is 0 Å².